The van der Waals surface area contributed by atoms with E-state index in [9.17, 15) is 14.4 Å². The minimum atomic E-state index is -0.511. The Morgan fingerprint density at radius 3 is 2.24 bits per heavy atom. The summed E-state index contributed by atoms with van der Waals surface area (Å²) in [6.07, 6.45) is 6.10. The second-order valence-electron chi connectivity index (χ2n) is 15.1. The van der Waals surface area contributed by atoms with E-state index in [1.54, 1.807) is 29.3 Å². The lowest BCUT2D eigenvalue weighted by atomic mass is 9.86. The van der Waals surface area contributed by atoms with Gasteiger partial charge in [-0.25, -0.2) is 4.79 Å². The fourth-order valence-corrected chi connectivity index (χ4v) is 5.76. The Kier molecular flexibility index (Phi) is 12.5. The van der Waals surface area contributed by atoms with Crippen LogP contribution in [0.25, 0.3) is 0 Å². The molecular formula is C40H54N4O6. The van der Waals surface area contributed by atoms with Crippen LogP contribution in [-0.2, 0) is 21.4 Å². The Balaban J connectivity index is 1.47. The standard InChI is InChI=1S/C40H54N4O6/c1-10-11-12-35(45)42-32-23-29(39(3,4)5)24-33(36(32)48-9)43-37(46)28-14-13-26(2)34(22-28)49-31-15-18-41-30(25-31)21-27-16-19-44(20-17-27)38(47)50-40(6,7)8/h13-15,18,22-25,27H,10-12,16-17,19-21H2,1-9H3,(H,42,45)(H,43,46). The summed E-state index contributed by atoms with van der Waals surface area (Å²) >= 11 is 0. The van der Waals surface area contributed by atoms with Crippen LogP contribution in [0.3, 0.4) is 0 Å². The van der Waals surface area contributed by atoms with Crippen LogP contribution in [0.2, 0.25) is 0 Å². The lowest BCUT2D eigenvalue weighted by Gasteiger charge is -2.33. The highest BCUT2D eigenvalue weighted by Crippen LogP contribution is 2.39. The molecule has 2 N–H and O–H groups in total. The number of likely N-dealkylation sites (tertiary alicyclic amines) is 1. The number of nitrogens with one attached hydrogen (secondary N) is 2. The van der Waals surface area contributed by atoms with Crippen molar-refractivity contribution >= 4 is 29.3 Å². The lowest BCUT2D eigenvalue weighted by molar-refractivity contribution is -0.116. The van der Waals surface area contributed by atoms with E-state index >= 15 is 0 Å². The number of methoxy groups -OCH3 is 1. The van der Waals surface area contributed by atoms with Gasteiger partial charge in [0.05, 0.1) is 18.5 Å². The smallest absolute Gasteiger partial charge is 0.410 e. The molecule has 0 bridgehead atoms. The molecule has 1 fully saturated rings. The van der Waals surface area contributed by atoms with Gasteiger partial charge in [0.25, 0.3) is 5.91 Å². The summed E-state index contributed by atoms with van der Waals surface area (Å²) in [4.78, 5) is 45.2. The van der Waals surface area contributed by atoms with Crippen molar-refractivity contribution in [2.75, 3.05) is 30.8 Å². The first-order valence-electron chi connectivity index (χ1n) is 17.6. The summed E-state index contributed by atoms with van der Waals surface area (Å²) in [5, 5.41) is 6.01. The SMILES string of the molecule is CCCCC(=O)Nc1cc(C(C)(C)C)cc(NC(=O)c2ccc(C)c(Oc3ccnc(CC4CCN(C(=O)OC(C)(C)C)CC4)c3)c2)c1OC. The maximum Gasteiger partial charge on any atom is 0.410 e. The van der Waals surface area contributed by atoms with Gasteiger partial charge in [-0.05, 0) is 106 Å². The molecule has 2 heterocycles. The van der Waals surface area contributed by atoms with E-state index in [1.807, 2.05) is 58.9 Å². The number of anilines is 2. The molecule has 1 saturated heterocycles. The summed E-state index contributed by atoms with van der Waals surface area (Å²) in [5.74, 6) is 1.53. The first-order valence-corrected chi connectivity index (χ1v) is 17.6. The van der Waals surface area contributed by atoms with Gasteiger partial charge >= 0.3 is 6.09 Å². The molecule has 2 aromatic carbocycles. The minimum absolute atomic E-state index is 0.100. The Labute approximate surface area is 297 Å². The fraction of sp³-hybridized carbons (Fsp3) is 0.500. The number of ether oxygens (including phenoxy) is 3. The minimum Gasteiger partial charge on any atom is -0.492 e. The third-order valence-corrected chi connectivity index (χ3v) is 8.67. The van der Waals surface area contributed by atoms with E-state index in [4.69, 9.17) is 14.2 Å². The van der Waals surface area contributed by atoms with Crippen molar-refractivity contribution in [2.24, 2.45) is 5.92 Å². The number of amides is 3. The first-order chi connectivity index (χ1) is 23.6. The molecule has 3 aromatic rings. The highest BCUT2D eigenvalue weighted by atomic mass is 16.6. The maximum absolute atomic E-state index is 13.7. The highest BCUT2D eigenvalue weighted by Gasteiger charge is 2.27. The van der Waals surface area contributed by atoms with Crippen LogP contribution in [0.1, 0.15) is 108 Å². The summed E-state index contributed by atoms with van der Waals surface area (Å²) in [7, 11) is 1.53. The van der Waals surface area contributed by atoms with E-state index in [0.29, 0.717) is 59.6 Å². The van der Waals surface area contributed by atoms with Gasteiger partial charge < -0.3 is 29.7 Å². The molecule has 0 unspecified atom stereocenters. The number of aromatic nitrogens is 1. The molecule has 50 heavy (non-hydrogen) atoms. The number of carbonyl (C=O) groups excluding carboxylic acids is 3. The topological polar surface area (TPSA) is 119 Å². The van der Waals surface area contributed by atoms with Crippen LogP contribution >= 0.6 is 0 Å². The predicted octanol–water partition coefficient (Wildman–Crippen LogP) is 9.06. The van der Waals surface area contributed by atoms with Crippen molar-refractivity contribution in [2.45, 2.75) is 105 Å². The number of benzene rings is 2. The number of nitrogens with zero attached hydrogens (tertiary/aromatic N) is 2. The van der Waals surface area contributed by atoms with Crippen molar-refractivity contribution in [1.29, 1.82) is 0 Å². The quantitative estimate of drug-likeness (QED) is 0.207. The average molecular weight is 687 g/mol. The Morgan fingerprint density at radius 1 is 0.940 bits per heavy atom. The van der Waals surface area contributed by atoms with Crippen molar-refractivity contribution in [3.05, 3.63) is 71.0 Å². The van der Waals surface area contributed by atoms with Gasteiger partial charge in [0.15, 0.2) is 5.75 Å². The van der Waals surface area contributed by atoms with Crippen LogP contribution in [-0.4, -0.2) is 53.6 Å². The second-order valence-corrected chi connectivity index (χ2v) is 15.1. The predicted molar refractivity (Wildman–Crippen MR) is 198 cm³/mol. The number of hydrogen-bond donors (Lipinski definition) is 2. The molecule has 0 radical (unpaired) electrons. The van der Waals surface area contributed by atoms with Crippen LogP contribution in [0.5, 0.6) is 17.2 Å². The van der Waals surface area contributed by atoms with E-state index in [0.717, 1.165) is 48.9 Å². The van der Waals surface area contributed by atoms with E-state index in [2.05, 4.69) is 36.4 Å². The molecular weight excluding hydrogens is 632 g/mol. The van der Waals surface area contributed by atoms with Gasteiger partial charge in [-0.1, -0.05) is 40.2 Å². The molecule has 10 heteroatoms. The van der Waals surface area contributed by atoms with Gasteiger partial charge in [-0.2, -0.15) is 0 Å². The number of rotatable bonds is 11. The van der Waals surface area contributed by atoms with Crippen LogP contribution < -0.4 is 20.1 Å². The van der Waals surface area contributed by atoms with Crippen LogP contribution in [0.4, 0.5) is 16.2 Å². The molecule has 4 rings (SSSR count). The number of aryl methyl sites for hydroxylation is 1. The van der Waals surface area contributed by atoms with Crippen molar-refractivity contribution < 1.29 is 28.6 Å². The van der Waals surface area contributed by atoms with Gasteiger partial charge in [0.2, 0.25) is 5.91 Å². The zero-order chi connectivity index (χ0) is 36.6. The summed E-state index contributed by atoms with van der Waals surface area (Å²) in [5.41, 5.74) is 3.36. The largest absolute Gasteiger partial charge is 0.492 e. The number of carbonyl (C=O) groups is 3. The van der Waals surface area contributed by atoms with Crippen LogP contribution in [0.15, 0.2) is 48.7 Å². The molecule has 270 valence electrons. The highest BCUT2D eigenvalue weighted by molar-refractivity contribution is 6.06. The molecule has 0 atom stereocenters. The summed E-state index contributed by atoms with van der Waals surface area (Å²) in [6, 6.07) is 12.9. The van der Waals surface area contributed by atoms with Crippen molar-refractivity contribution in [1.82, 2.24) is 9.88 Å². The molecule has 1 aliphatic rings. The zero-order valence-corrected chi connectivity index (χ0v) is 31.2. The van der Waals surface area contributed by atoms with E-state index < -0.39 is 5.60 Å². The summed E-state index contributed by atoms with van der Waals surface area (Å²) < 4.78 is 17.6. The van der Waals surface area contributed by atoms with E-state index in [1.165, 1.54) is 7.11 Å². The lowest BCUT2D eigenvalue weighted by Crippen LogP contribution is -2.42. The maximum atomic E-state index is 13.7. The molecule has 3 amide bonds. The normalized spacial score (nSPS) is 13.8. The molecule has 1 aromatic heterocycles. The molecule has 0 aliphatic carbocycles. The summed E-state index contributed by atoms with van der Waals surface area (Å²) in [6.45, 7) is 17.2. The monoisotopic (exact) mass is 686 g/mol. The third-order valence-electron chi connectivity index (χ3n) is 8.67. The Bertz CT molecular complexity index is 1670. The fourth-order valence-electron chi connectivity index (χ4n) is 5.76. The number of pyridine rings is 1. The average Bonchev–Trinajstić information content (AvgIpc) is 3.04. The number of hydrogen-bond acceptors (Lipinski definition) is 7. The van der Waals surface area contributed by atoms with Crippen LogP contribution in [0, 0.1) is 12.8 Å². The molecule has 0 spiro atoms. The molecule has 0 saturated carbocycles. The molecule has 1 aliphatic heterocycles. The van der Waals surface area contributed by atoms with Crippen molar-refractivity contribution in [3.63, 3.8) is 0 Å². The van der Waals surface area contributed by atoms with Crippen molar-refractivity contribution in [3.8, 4) is 17.2 Å². The second kappa shape index (κ2) is 16.4. The first kappa shape index (κ1) is 38.2. The molecule has 10 nitrogen and oxygen atoms in total. The van der Waals surface area contributed by atoms with Gasteiger partial charge in [-0.15, -0.1) is 0 Å². The number of unbranched alkanes of at least 4 members (excludes halogenated alkanes) is 1. The van der Waals surface area contributed by atoms with Gasteiger partial charge in [0, 0.05) is 43.0 Å². The third kappa shape index (κ3) is 10.7. The van der Waals surface area contributed by atoms with E-state index in [-0.39, 0.29) is 23.3 Å². The Morgan fingerprint density at radius 2 is 1.62 bits per heavy atom. The Hall–Kier alpha value is -4.60. The van der Waals surface area contributed by atoms with Gasteiger partial charge in [-0.3, -0.25) is 14.6 Å². The number of piperidine rings is 1. The zero-order valence-electron chi connectivity index (χ0n) is 31.2. The van der Waals surface area contributed by atoms with Gasteiger partial charge in [0.1, 0.15) is 17.1 Å².